The second kappa shape index (κ2) is 3.50. The van der Waals surface area contributed by atoms with Gasteiger partial charge in [0.25, 0.3) is 0 Å². The molecule has 0 saturated heterocycles. The summed E-state index contributed by atoms with van der Waals surface area (Å²) < 4.78 is 0. The molecule has 3 aliphatic carbocycles. The lowest BCUT2D eigenvalue weighted by Gasteiger charge is -2.60. The monoisotopic (exact) mass is 210 g/mol. The van der Waals surface area contributed by atoms with Gasteiger partial charge in [0.05, 0.1) is 5.92 Å². The zero-order valence-corrected chi connectivity index (χ0v) is 9.99. The summed E-state index contributed by atoms with van der Waals surface area (Å²) in [6.45, 7) is 6.58. The molecule has 4 atom stereocenters. The maximum absolute atomic E-state index is 10.9. The van der Waals surface area contributed by atoms with E-state index in [9.17, 15) is 4.79 Å². The number of aliphatic carboxylic acids is 1. The van der Waals surface area contributed by atoms with Gasteiger partial charge in [0.15, 0.2) is 0 Å². The van der Waals surface area contributed by atoms with Crippen molar-refractivity contribution in [1.82, 2.24) is 0 Å². The van der Waals surface area contributed by atoms with Crippen molar-refractivity contribution in [2.24, 2.45) is 29.1 Å². The Morgan fingerprint density at radius 1 is 1.47 bits per heavy atom. The topological polar surface area (TPSA) is 37.3 Å². The lowest BCUT2D eigenvalue weighted by molar-refractivity contribution is -0.145. The molecule has 0 aromatic carbocycles. The molecule has 1 N–H and O–H groups in total. The second-order valence-electron chi connectivity index (χ2n) is 6.17. The molecule has 3 fully saturated rings. The largest absolute Gasteiger partial charge is 0.481 e. The molecule has 86 valence electrons. The maximum Gasteiger partial charge on any atom is 0.306 e. The molecule has 0 radical (unpaired) electrons. The number of fused-ring (bicyclic) bond motifs is 2. The van der Waals surface area contributed by atoms with Crippen LogP contribution in [-0.4, -0.2) is 11.1 Å². The van der Waals surface area contributed by atoms with Crippen molar-refractivity contribution in [2.75, 3.05) is 0 Å². The van der Waals surface area contributed by atoms with Gasteiger partial charge in [-0.05, 0) is 48.9 Å². The van der Waals surface area contributed by atoms with Gasteiger partial charge in [-0.25, -0.2) is 0 Å². The minimum Gasteiger partial charge on any atom is -0.481 e. The fraction of sp³-hybridized carbons (Fsp3) is 0.923. The fourth-order valence-electron chi connectivity index (χ4n) is 3.80. The summed E-state index contributed by atoms with van der Waals surface area (Å²) >= 11 is 0. The molecular weight excluding hydrogens is 188 g/mol. The van der Waals surface area contributed by atoms with Crippen molar-refractivity contribution >= 4 is 5.97 Å². The number of carbonyl (C=O) groups is 1. The molecule has 0 aromatic rings. The van der Waals surface area contributed by atoms with E-state index in [4.69, 9.17) is 5.11 Å². The quantitative estimate of drug-likeness (QED) is 0.776. The molecule has 2 bridgehead atoms. The number of hydrogen-bond donors (Lipinski definition) is 1. The Hall–Kier alpha value is -0.530. The third-order valence-corrected chi connectivity index (χ3v) is 5.08. The average Bonchev–Trinajstić information content (AvgIpc) is 2.17. The van der Waals surface area contributed by atoms with E-state index in [1.165, 1.54) is 19.3 Å². The summed E-state index contributed by atoms with van der Waals surface area (Å²) in [5.41, 5.74) is 0.487. The van der Waals surface area contributed by atoms with Crippen molar-refractivity contribution in [3.63, 3.8) is 0 Å². The van der Waals surface area contributed by atoms with Crippen molar-refractivity contribution in [1.29, 1.82) is 0 Å². The van der Waals surface area contributed by atoms with Crippen LogP contribution >= 0.6 is 0 Å². The van der Waals surface area contributed by atoms with Crippen LogP contribution < -0.4 is 0 Å². The maximum atomic E-state index is 10.9. The van der Waals surface area contributed by atoms with Gasteiger partial charge in [-0.3, -0.25) is 4.79 Å². The summed E-state index contributed by atoms with van der Waals surface area (Å²) in [5.74, 6) is 1.57. The van der Waals surface area contributed by atoms with Gasteiger partial charge in [0.2, 0.25) is 0 Å². The molecule has 3 saturated carbocycles. The highest BCUT2D eigenvalue weighted by Crippen LogP contribution is 2.62. The molecule has 2 heteroatoms. The highest BCUT2D eigenvalue weighted by Gasteiger charge is 2.54. The van der Waals surface area contributed by atoms with Gasteiger partial charge in [-0.15, -0.1) is 0 Å². The minimum absolute atomic E-state index is 0.164. The van der Waals surface area contributed by atoms with Gasteiger partial charge in [0.1, 0.15) is 0 Å². The van der Waals surface area contributed by atoms with E-state index >= 15 is 0 Å². The van der Waals surface area contributed by atoms with Gasteiger partial charge in [0, 0.05) is 0 Å². The highest BCUT2D eigenvalue weighted by molar-refractivity contribution is 5.69. The number of hydrogen-bond acceptors (Lipinski definition) is 1. The van der Waals surface area contributed by atoms with E-state index in [0.717, 1.165) is 18.3 Å². The first-order chi connectivity index (χ1) is 6.93. The van der Waals surface area contributed by atoms with Crippen LogP contribution in [-0.2, 0) is 4.79 Å². The fourth-order valence-corrected chi connectivity index (χ4v) is 3.80. The summed E-state index contributed by atoms with van der Waals surface area (Å²) in [7, 11) is 0. The molecule has 0 aromatic heterocycles. The lowest BCUT2D eigenvalue weighted by atomic mass is 9.45. The Kier molecular flexibility index (Phi) is 2.56. The third-order valence-electron chi connectivity index (χ3n) is 5.08. The molecule has 3 rings (SSSR count). The van der Waals surface area contributed by atoms with Crippen molar-refractivity contribution in [3.8, 4) is 0 Å². The van der Waals surface area contributed by atoms with Crippen LogP contribution in [0.3, 0.4) is 0 Å². The van der Waals surface area contributed by atoms with Crippen LogP contribution in [0.25, 0.3) is 0 Å². The first-order valence-corrected chi connectivity index (χ1v) is 6.15. The molecule has 2 nitrogen and oxygen atoms in total. The van der Waals surface area contributed by atoms with Gasteiger partial charge in [-0.2, -0.15) is 0 Å². The Labute approximate surface area is 92.1 Å². The molecule has 3 aliphatic rings. The Morgan fingerprint density at radius 3 is 2.60 bits per heavy atom. The zero-order chi connectivity index (χ0) is 11.2. The van der Waals surface area contributed by atoms with Crippen molar-refractivity contribution < 1.29 is 9.90 Å². The molecule has 15 heavy (non-hydrogen) atoms. The predicted molar refractivity (Wildman–Crippen MR) is 59.5 cm³/mol. The Bertz CT molecular complexity index is 268. The highest BCUT2D eigenvalue weighted by atomic mass is 16.4. The summed E-state index contributed by atoms with van der Waals surface area (Å²) in [6.07, 6.45) is 4.82. The van der Waals surface area contributed by atoms with E-state index in [0.29, 0.717) is 11.3 Å². The van der Waals surface area contributed by atoms with E-state index in [2.05, 4.69) is 13.8 Å². The van der Waals surface area contributed by atoms with Crippen LogP contribution in [0.15, 0.2) is 0 Å². The molecule has 0 spiro atoms. The number of carboxylic acids is 1. The molecule has 0 heterocycles. The van der Waals surface area contributed by atoms with Crippen LogP contribution in [0.5, 0.6) is 0 Å². The van der Waals surface area contributed by atoms with E-state index < -0.39 is 5.97 Å². The molecule has 0 amide bonds. The van der Waals surface area contributed by atoms with Crippen LogP contribution in [0.2, 0.25) is 0 Å². The standard InChI is InChI=1S/C13H22O2/c1-8(12(14)15)6-9-4-5-10-7-11(9)13(10,2)3/h8-11H,4-7H2,1-3H3,(H,14,15)/t8?,9-,10+,11+/m1/s1. The normalized spacial score (nSPS) is 39.3. The Morgan fingerprint density at radius 2 is 2.13 bits per heavy atom. The first-order valence-electron chi connectivity index (χ1n) is 6.15. The van der Waals surface area contributed by atoms with E-state index in [1.807, 2.05) is 6.92 Å². The third kappa shape index (κ3) is 1.68. The van der Waals surface area contributed by atoms with Gasteiger partial charge in [-0.1, -0.05) is 20.8 Å². The summed E-state index contributed by atoms with van der Waals surface area (Å²) in [4.78, 5) is 10.9. The second-order valence-corrected chi connectivity index (χ2v) is 6.17. The van der Waals surface area contributed by atoms with Crippen molar-refractivity contribution in [2.45, 2.75) is 46.5 Å². The zero-order valence-electron chi connectivity index (χ0n) is 9.99. The molecule has 1 unspecified atom stereocenters. The Balaban J connectivity index is 1.97. The molecule has 0 aliphatic heterocycles. The van der Waals surface area contributed by atoms with E-state index in [-0.39, 0.29) is 5.92 Å². The molecular formula is C13H22O2. The van der Waals surface area contributed by atoms with Crippen LogP contribution in [0, 0.1) is 29.1 Å². The summed E-state index contributed by atoms with van der Waals surface area (Å²) in [6, 6.07) is 0. The van der Waals surface area contributed by atoms with Crippen LogP contribution in [0.1, 0.15) is 46.5 Å². The first kappa shape index (κ1) is 11.0. The number of rotatable bonds is 3. The smallest absolute Gasteiger partial charge is 0.306 e. The lowest BCUT2D eigenvalue weighted by Crippen LogP contribution is -2.52. The number of carboxylic acid groups (broad SMARTS) is 1. The predicted octanol–water partition coefficient (Wildman–Crippen LogP) is 3.17. The SMILES string of the molecule is CC(C[C@H]1CC[C@H]2C[C@@H]1C2(C)C)C(=O)O. The van der Waals surface area contributed by atoms with Crippen molar-refractivity contribution in [3.05, 3.63) is 0 Å². The van der Waals surface area contributed by atoms with Gasteiger partial charge < -0.3 is 5.11 Å². The minimum atomic E-state index is -0.630. The average molecular weight is 210 g/mol. The van der Waals surface area contributed by atoms with Crippen LogP contribution in [0.4, 0.5) is 0 Å². The van der Waals surface area contributed by atoms with E-state index in [1.54, 1.807) is 0 Å². The van der Waals surface area contributed by atoms with Gasteiger partial charge >= 0.3 is 5.97 Å². The summed E-state index contributed by atoms with van der Waals surface area (Å²) in [5, 5.41) is 8.94.